The van der Waals surface area contributed by atoms with Crippen LogP contribution in [0.4, 0.5) is 8.78 Å². The van der Waals surface area contributed by atoms with Gasteiger partial charge >= 0.3 is 0 Å². The second-order valence-corrected chi connectivity index (χ2v) is 4.85. The highest BCUT2D eigenvalue weighted by atomic mass is 35.5. The van der Waals surface area contributed by atoms with Crippen LogP contribution in [0.2, 0.25) is 5.02 Å². The average Bonchev–Trinajstić information content (AvgIpc) is 2.41. The topological polar surface area (TPSA) is 35.2 Å². The van der Waals surface area contributed by atoms with E-state index in [-0.39, 0.29) is 12.2 Å². The molecule has 2 aromatic carbocycles. The molecule has 2 rings (SSSR count). The Kier molecular flexibility index (Phi) is 4.57. The molecule has 0 bridgehead atoms. The quantitative estimate of drug-likeness (QED) is 0.930. The summed E-state index contributed by atoms with van der Waals surface area (Å²) < 4.78 is 32.7. The van der Waals surface area contributed by atoms with E-state index in [4.69, 9.17) is 22.1 Å². The summed E-state index contributed by atoms with van der Waals surface area (Å²) in [5, 5.41) is 0.297. The molecule has 0 aromatic heterocycles. The average molecular weight is 298 g/mol. The number of halogens is 3. The Bertz CT molecular complexity index is 619. The van der Waals surface area contributed by atoms with Gasteiger partial charge in [-0.05, 0) is 30.2 Å². The van der Waals surface area contributed by atoms with Crippen molar-refractivity contribution in [2.75, 3.05) is 7.11 Å². The summed E-state index contributed by atoms with van der Waals surface area (Å²) in [7, 11) is 1.39. The third-order valence-electron chi connectivity index (χ3n) is 3.06. The number of rotatable bonds is 4. The highest BCUT2D eigenvalue weighted by Gasteiger charge is 2.16. The predicted molar refractivity (Wildman–Crippen MR) is 75.0 cm³/mol. The van der Waals surface area contributed by atoms with Crippen molar-refractivity contribution in [3.8, 4) is 5.75 Å². The first-order valence-corrected chi connectivity index (χ1v) is 6.42. The molecule has 0 radical (unpaired) electrons. The summed E-state index contributed by atoms with van der Waals surface area (Å²) in [5.41, 5.74) is 6.63. The Morgan fingerprint density at radius 1 is 1.25 bits per heavy atom. The van der Waals surface area contributed by atoms with Crippen molar-refractivity contribution in [3.63, 3.8) is 0 Å². The minimum Gasteiger partial charge on any atom is -0.494 e. The monoisotopic (exact) mass is 297 g/mol. The van der Waals surface area contributed by atoms with Crippen molar-refractivity contribution < 1.29 is 13.5 Å². The van der Waals surface area contributed by atoms with Crippen molar-refractivity contribution in [3.05, 3.63) is 64.2 Å². The lowest BCUT2D eigenvalue weighted by Crippen LogP contribution is -2.16. The molecule has 0 aliphatic rings. The maximum absolute atomic E-state index is 14.0. The zero-order valence-corrected chi connectivity index (χ0v) is 11.6. The van der Waals surface area contributed by atoms with Crippen molar-refractivity contribution in [2.45, 2.75) is 12.5 Å². The van der Waals surface area contributed by atoms with Crippen LogP contribution >= 0.6 is 11.6 Å². The minimum absolute atomic E-state index is 0.145. The largest absolute Gasteiger partial charge is 0.494 e. The fourth-order valence-electron chi connectivity index (χ4n) is 2.02. The van der Waals surface area contributed by atoms with E-state index < -0.39 is 17.7 Å². The molecule has 2 N–H and O–H groups in total. The standard InChI is InChI=1S/C15H14ClF2NO/c1-20-14-4-2-3-9(15(14)18)7-13(19)11-6-5-10(16)8-12(11)17/h2-6,8,13H,7,19H2,1H3. The molecule has 0 heterocycles. The second kappa shape index (κ2) is 6.20. The first kappa shape index (κ1) is 14.8. The highest BCUT2D eigenvalue weighted by Crippen LogP contribution is 2.26. The summed E-state index contributed by atoms with van der Waals surface area (Å²) >= 11 is 5.69. The lowest BCUT2D eigenvalue weighted by molar-refractivity contribution is 0.383. The van der Waals surface area contributed by atoms with Crippen LogP contribution in [0.25, 0.3) is 0 Å². The number of nitrogens with two attached hydrogens (primary N) is 1. The molecule has 2 nitrogen and oxygen atoms in total. The van der Waals surface area contributed by atoms with E-state index in [2.05, 4.69) is 0 Å². The molecule has 1 unspecified atom stereocenters. The third kappa shape index (κ3) is 3.08. The molecule has 0 saturated heterocycles. The summed E-state index contributed by atoms with van der Waals surface area (Å²) in [5.74, 6) is -0.820. The normalized spacial score (nSPS) is 12.2. The molecule has 0 fully saturated rings. The summed E-state index contributed by atoms with van der Waals surface area (Å²) in [4.78, 5) is 0. The Morgan fingerprint density at radius 2 is 2.00 bits per heavy atom. The maximum atomic E-state index is 14.0. The van der Waals surface area contributed by atoms with Crippen LogP contribution in [-0.4, -0.2) is 7.11 Å². The molecule has 0 aliphatic carbocycles. The van der Waals surface area contributed by atoms with Gasteiger partial charge in [-0.1, -0.05) is 29.8 Å². The maximum Gasteiger partial charge on any atom is 0.168 e. The lowest BCUT2D eigenvalue weighted by Gasteiger charge is -2.14. The van der Waals surface area contributed by atoms with Crippen LogP contribution in [0.5, 0.6) is 5.75 Å². The molecule has 2 aromatic rings. The lowest BCUT2D eigenvalue weighted by atomic mass is 9.98. The van der Waals surface area contributed by atoms with E-state index >= 15 is 0 Å². The molecule has 1 atom stereocenters. The Balaban J connectivity index is 2.25. The SMILES string of the molecule is COc1cccc(CC(N)c2ccc(Cl)cc2F)c1F. The number of hydrogen-bond acceptors (Lipinski definition) is 2. The first-order chi connectivity index (χ1) is 9.52. The molecule has 0 spiro atoms. The fourth-order valence-corrected chi connectivity index (χ4v) is 2.18. The zero-order valence-electron chi connectivity index (χ0n) is 10.9. The number of benzene rings is 2. The van der Waals surface area contributed by atoms with Gasteiger partial charge in [0.05, 0.1) is 7.11 Å². The van der Waals surface area contributed by atoms with Gasteiger partial charge in [-0.25, -0.2) is 8.78 Å². The van der Waals surface area contributed by atoms with E-state index in [0.29, 0.717) is 16.1 Å². The Morgan fingerprint density at radius 3 is 2.65 bits per heavy atom. The van der Waals surface area contributed by atoms with Crippen molar-refractivity contribution in [1.29, 1.82) is 0 Å². The van der Waals surface area contributed by atoms with Gasteiger partial charge in [0, 0.05) is 16.6 Å². The van der Waals surface area contributed by atoms with Gasteiger partial charge < -0.3 is 10.5 Å². The van der Waals surface area contributed by atoms with Crippen LogP contribution in [0.1, 0.15) is 17.2 Å². The summed E-state index contributed by atoms with van der Waals surface area (Å²) in [6.07, 6.45) is 0.168. The minimum atomic E-state index is -0.658. The fraction of sp³-hybridized carbons (Fsp3) is 0.200. The van der Waals surface area contributed by atoms with E-state index in [0.717, 1.165) is 0 Å². The van der Waals surface area contributed by atoms with Gasteiger partial charge in [-0.15, -0.1) is 0 Å². The second-order valence-electron chi connectivity index (χ2n) is 4.41. The van der Waals surface area contributed by atoms with Crippen LogP contribution in [-0.2, 0) is 6.42 Å². The van der Waals surface area contributed by atoms with Crippen LogP contribution < -0.4 is 10.5 Å². The van der Waals surface area contributed by atoms with Crippen molar-refractivity contribution in [2.24, 2.45) is 5.73 Å². The van der Waals surface area contributed by atoms with Gasteiger partial charge in [0.1, 0.15) is 5.82 Å². The van der Waals surface area contributed by atoms with Gasteiger partial charge in [-0.3, -0.25) is 0 Å². The first-order valence-electron chi connectivity index (χ1n) is 6.05. The smallest absolute Gasteiger partial charge is 0.168 e. The molecule has 5 heteroatoms. The molecular formula is C15H14ClF2NO. The Labute approximate surface area is 121 Å². The molecule has 0 aliphatic heterocycles. The molecule has 106 valence electrons. The number of hydrogen-bond donors (Lipinski definition) is 1. The predicted octanol–water partition coefficient (Wildman–Crippen LogP) is 3.87. The third-order valence-corrected chi connectivity index (χ3v) is 3.30. The molecule has 20 heavy (non-hydrogen) atoms. The van der Waals surface area contributed by atoms with E-state index in [9.17, 15) is 8.78 Å². The van der Waals surface area contributed by atoms with Gasteiger partial charge in [0.25, 0.3) is 0 Å². The molecule has 0 saturated carbocycles. The summed E-state index contributed by atoms with van der Waals surface area (Å²) in [6, 6.07) is 8.40. The van der Waals surface area contributed by atoms with Gasteiger partial charge in [0.15, 0.2) is 11.6 Å². The molecular weight excluding hydrogens is 284 g/mol. The van der Waals surface area contributed by atoms with Crippen molar-refractivity contribution in [1.82, 2.24) is 0 Å². The zero-order chi connectivity index (χ0) is 14.7. The van der Waals surface area contributed by atoms with E-state index in [1.54, 1.807) is 18.2 Å². The van der Waals surface area contributed by atoms with E-state index in [1.807, 2.05) is 0 Å². The summed E-state index contributed by atoms with van der Waals surface area (Å²) in [6.45, 7) is 0. The van der Waals surface area contributed by atoms with Crippen LogP contribution in [0.3, 0.4) is 0 Å². The highest BCUT2D eigenvalue weighted by molar-refractivity contribution is 6.30. The number of methoxy groups -OCH3 is 1. The Hall–Kier alpha value is -1.65. The molecule has 0 amide bonds. The van der Waals surface area contributed by atoms with Crippen molar-refractivity contribution >= 4 is 11.6 Å². The van der Waals surface area contributed by atoms with Gasteiger partial charge in [0.2, 0.25) is 0 Å². The van der Waals surface area contributed by atoms with Gasteiger partial charge in [-0.2, -0.15) is 0 Å². The van der Waals surface area contributed by atoms with Crippen LogP contribution in [0, 0.1) is 11.6 Å². The number of ether oxygens (including phenoxy) is 1. The van der Waals surface area contributed by atoms with E-state index in [1.165, 1.54) is 25.3 Å². The van der Waals surface area contributed by atoms with Crippen LogP contribution in [0.15, 0.2) is 36.4 Å².